The molecule has 1 aliphatic heterocycles. The molecule has 0 radical (unpaired) electrons. The van der Waals surface area contributed by atoms with Crippen molar-refractivity contribution >= 4 is 22.8 Å². The maximum atomic E-state index is 8.18. The highest BCUT2D eigenvalue weighted by atomic mass is 16.5. The van der Waals surface area contributed by atoms with E-state index in [1.54, 1.807) is 0 Å². The van der Waals surface area contributed by atoms with Gasteiger partial charge in [0.25, 0.3) is 0 Å². The summed E-state index contributed by atoms with van der Waals surface area (Å²) < 4.78 is 6.32. The molecule has 1 heterocycles. The number of hydrogen-bond acceptors (Lipinski definition) is 4. The van der Waals surface area contributed by atoms with Crippen LogP contribution in [-0.4, -0.2) is 31.1 Å². The van der Waals surface area contributed by atoms with Crippen molar-refractivity contribution in [3.05, 3.63) is 29.3 Å². The third-order valence-corrected chi connectivity index (χ3v) is 4.76. The largest absolute Gasteiger partial charge is 0.478 e. The molecule has 1 fully saturated rings. The molecule has 3 aliphatic rings. The van der Waals surface area contributed by atoms with E-state index in [-0.39, 0.29) is 11.5 Å². The van der Waals surface area contributed by atoms with Crippen LogP contribution in [0.15, 0.2) is 28.8 Å². The minimum Gasteiger partial charge on any atom is -0.478 e. The molecule has 4 nitrogen and oxygen atoms in total. The van der Waals surface area contributed by atoms with Crippen LogP contribution in [0, 0.1) is 18.3 Å². The van der Waals surface area contributed by atoms with E-state index in [0.717, 1.165) is 34.8 Å². The van der Waals surface area contributed by atoms with Crippen molar-refractivity contribution in [3.8, 4) is 5.75 Å². The third-order valence-electron chi connectivity index (χ3n) is 4.76. The van der Waals surface area contributed by atoms with Crippen LogP contribution in [0.3, 0.4) is 0 Å². The molecule has 2 unspecified atom stereocenters. The van der Waals surface area contributed by atoms with Crippen LogP contribution in [0.2, 0.25) is 0 Å². The SMILES string of the molecule is CC1=CC2=Nc3cc(C)c(N(C)C)cc3OC23CC3C1=N. The number of allylic oxidation sites excluding steroid dienone is 1. The quantitative estimate of drug-likeness (QED) is 0.859. The molecule has 0 amide bonds. The molecule has 2 aliphatic carbocycles. The first-order valence-corrected chi connectivity index (χ1v) is 7.29. The van der Waals surface area contributed by atoms with E-state index in [0.29, 0.717) is 5.71 Å². The van der Waals surface area contributed by atoms with Gasteiger partial charge in [0.1, 0.15) is 11.4 Å². The monoisotopic (exact) mass is 281 g/mol. The fourth-order valence-corrected chi connectivity index (χ4v) is 3.47. The molecule has 21 heavy (non-hydrogen) atoms. The topological polar surface area (TPSA) is 48.7 Å². The summed E-state index contributed by atoms with van der Waals surface area (Å²) in [5.41, 5.74) is 5.60. The van der Waals surface area contributed by atoms with E-state index in [1.165, 1.54) is 5.56 Å². The molecule has 0 saturated heterocycles. The van der Waals surface area contributed by atoms with Crippen molar-refractivity contribution in [3.63, 3.8) is 0 Å². The Bertz CT molecular complexity index is 745. The van der Waals surface area contributed by atoms with E-state index in [9.17, 15) is 0 Å². The van der Waals surface area contributed by atoms with E-state index >= 15 is 0 Å². The van der Waals surface area contributed by atoms with Gasteiger partial charge in [-0.25, -0.2) is 4.99 Å². The summed E-state index contributed by atoms with van der Waals surface area (Å²) in [7, 11) is 4.07. The van der Waals surface area contributed by atoms with Crippen LogP contribution in [0.5, 0.6) is 5.75 Å². The van der Waals surface area contributed by atoms with Crippen molar-refractivity contribution in [1.29, 1.82) is 5.41 Å². The van der Waals surface area contributed by atoms with E-state index in [2.05, 4.69) is 24.0 Å². The van der Waals surface area contributed by atoms with Gasteiger partial charge in [0.15, 0.2) is 5.60 Å². The van der Waals surface area contributed by atoms with Crippen LogP contribution < -0.4 is 9.64 Å². The number of benzene rings is 1. The van der Waals surface area contributed by atoms with Gasteiger partial charge in [-0.3, -0.25) is 0 Å². The Hall–Kier alpha value is -2.10. The molecule has 1 aromatic rings. The molecular weight excluding hydrogens is 262 g/mol. The van der Waals surface area contributed by atoms with Gasteiger partial charge >= 0.3 is 0 Å². The molecule has 1 spiro atoms. The van der Waals surface area contributed by atoms with Gasteiger partial charge in [-0.15, -0.1) is 0 Å². The molecule has 4 rings (SSSR count). The molecule has 2 atom stereocenters. The van der Waals surface area contributed by atoms with Gasteiger partial charge in [-0.1, -0.05) is 0 Å². The number of hydrogen-bond donors (Lipinski definition) is 1. The highest BCUT2D eigenvalue weighted by molar-refractivity contribution is 6.21. The highest BCUT2D eigenvalue weighted by Crippen LogP contribution is 2.57. The average molecular weight is 281 g/mol. The number of nitrogens with one attached hydrogen (secondary N) is 1. The zero-order valence-electron chi connectivity index (χ0n) is 12.8. The average Bonchev–Trinajstić information content (AvgIpc) is 3.13. The lowest BCUT2D eigenvalue weighted by Gasteiger charge is -2.30. The molecule has 4 heteroatoms. The van der Waals surface area contributed by atoms with Crippen LogP contribution >= 0.6 is 0 Å². The summed E-state index contributed by atoms with van der Waals surface area (Å²) in [6.07, 6.45) is 2.90. The lowest BCUT2D eigenvalue weighted by Crippen LogP contribution is -2.38. The molecule has 1 N–H and O–H groups in total. The van der Waals surface area contributed by atoms with Gasteiger partial charge in [0, 0.05) is 38.0 Å². The second-order valence-electron chi connectivity index (χ2n) is 6.49. The van der Waals surface area contributed by atoms with Gasteiger partial charge in [0.05, 0.1) is 11.6 Å². The van der Waals surface area contributed by atoms with Gasteiger partial charge in [0.2, 0.25) is 0 Å². The summed E-state index contributed by atoms with van der Waals surface area (Å²) in [6, 6.07) is 4.16. The Morgan fingerprint density at radius 3 is 2.81 bits per heavy atom. The summed E-state index contributed by atoms with van der Waals surface area (Å²) in [5, 5.41) is 8.18. The first-order chi connectivity index (χ1) is 9.92. The number of aryl methyl sites for hydroxylation is 1. The number of fused-ring (bicyclic) bond motifs is 1. The van der Waals surface area contributed by atoms with E-state index < -0.39 is 0 Å². The van der Waals surface area contributed by atoms with Crippen molar-refractivity contribution in [2.24, 2.45) is 10.9 Å². The van der Waals surface area contributed by atoms with Gasteiger partial charge in [-0.2, -0.15) is 0 Å². The third kappa shape index (κ3) is 1.56. The number of anilines is 1. The smallest absolute Gasteiger partial charge is 0.160 e. The van der Waals surface area contributed by atoms with Crippen LogP contribution in [0.4, 0.5) is 11.4 Å². The highest BCUT2D eigenvalue weighted by Gasteiger charge is 2.65. The first kappa shape index (κ1) is 12.6. The fraction of sp³-hybridized carbons (Fsp3) is 0.412. The second-order valence-corrected chi connectivity index (χ2v) is 6.49. The predicted molar refractivity (Wildman–Crippen MR) is 85.6 cm³/mol. The second kappa shape index (κ2) is 3.75. The Morgan fingerprint density at radius 2 is 2.10 bits per heavy atom. The van der Waals surface area contributed by atoms with E-state index in [1.807, 2.05) is 27.1 Å². The van der Waals surface area contributed by atoms with Crippen LogP contribution in [0.25, 0.3) is 0 Å². The molecule has 1 saturated carbocycles. The normalized spacial score (nSPS) is 28.6. The Labute approximate surface area is 124 Å². The molecule has 0 aromatic heterocycles. The summed E-state index contributed by atoms with van der Waals surface area (Å²) in [5.74, 6) is 1.02. The molecule has 0 bridgehead atoms. The molecule has 1 aromatic carbocycles. The Kier molecular flexibility index (Phi) is 2.26. The minimum absolute atomic E-state index is 0.179. The summed E-state index contributed by atoms with van der Waals surface area (Å²) in [6.45, 7) is 4.08. The van der Waals surface area contributed by atoms with Crippen molar-refractivity contribution in [2.45, 2.75) is 25.9 Å². The first-order valence-electron chi connectivity index (χ1n) is 7.29. The number of ether oxygens (including phenoxy) is 1. The van der Waals surface area contributed by atoms with Crippen molar-refractivity contribution in [2.75, 3.05) is 19.0 Å². The standard InChI is InChI=1S/C17H19N3O/c1-9-5-12-14(7-13(9)20(3)4)21-17-8-11(17)16(18)10(2)6-15(17)19-12/h5-7,11,18H,8H2,1-4H3. The van der Waals surface area contributed by atoms with Crippen molar-refractivity contribution in [1.82, 2.24) is 0 Å². The van der Waals surface area contributed by atoms with Gasteiger partial charge < -0.3 is 15.0 Å². The van der Waals surface area contributed by atoms with Crippen molar-refractivity contribution < 1.29 is 4.74 Å². The number of aliphatic imine (C=N–C) groups is 1. The van der Waals surface area contributed by atoms with Crippen LogP contribution in [0.1, 0.15) is 18.9 Å². The Balaban J connectivity index is 1.87. The Morgan fingerprint density at radius 1 is 1.33 bits per heavy atom. The maximum absolute atomic E-state index is 8.18. The van der Waals surface area contributed by atoms with E-state index in [4.69, 9.17) is 15.1 Å². The molecular formula is C17H19N3O. The predicted octanol–water partition coefficient (Wildman–Crippen LogP) is 3.26. The zero-order valence-corrected chi connectivity index (χ0v) is 12.8. The number of rotatable bonds is 1. The lowest BCUT2D eigenvalue weighted by molar-refractivity contribution is 0.236. The zero-order chi connectivity index (χ0) is 14.9. The lowest BCUT2D eigenvalue weighted by atomic mass is 9.93. The number of nitrogens with zero attached hydrogens (tertiary/aromatic N) is 2. The molecule has 108 valence electrons. The fourth-order valence-electron chi connectivity index (χ4n) is 3.47. The minimum atomic E-state index is -0.359. The summed E-state index contributed by atoms with van der Waals surface area (Å²) >= 11 is 0. The van der Waals surface area contributed by atoms with Crippen LogP contribution in [-0.2, 0) is 0 Å². The summed E-state index contributed by atoms with van der Waals surface area (Å²) in [4.78, 5) is 6.92. The maximum Gasteiger partial charge on any atom is 0.160 e. The van der Waals surface area contributed by atoms with Gasteiger partial charge in [-0.05, 0) is 37.1 Å².